The Kier molecular flexibility index (Phi) is 4.19. The van der Waals surface area contributed by atoms with Crippen LogP contribution < -0.4 is 11.1 Å². The van der Waals surface area contributed by atoms with Gasteiger partial charge in [-0.15, -0.1) is 11.3 Å². The first kappa shape index (κ1) is 16.1. The molecule has 0 bridgehead atoms. The summed E-state index contributed by atoms with van der Waals surface area (Å²) in [6, 6.07) is 9.54. The summed E-state index contributed by atoms with van der Waals surface area (Å²) in [6.07, 6.45) is 3.10. The molecule has 1 aliphatic carbocycles. The van der Waals surface area contributed by atoms with E-state index in [2.05, 4.69) is 26.1 Å². The lowest BCUT2D eigenvalue weighted by molar-refractivity contribution is 0.102. The third kappa shape index (κ3) is 3.27. The summed E-state index contributed by atoms with van der Waals surface area (Å²) in [5.41, 5.74) is 9.15. The highest BCUT2D eigenvalue weighted by Crippen LogP contribution is 2.43. The lowest BCUT2D eigenvalue weighted by Crippen LogP contribution is -2.27. The van der Waals surface area contributed by atoms with Gasteiger partial charge in [0.15, 0.2) is 0 Å². The number of amides is 1. The van der Waals surface area contributed by atoms with E-state index in [1.54, 1.807) is 11.3 Å². The number of thiophene rings is 1. The number of benzene rings is 1. The SMILES string of the molecule is CC(C)(C)[C@H]1CCc2c(sc(N)c2C(=O)Nc2ccccc2)C1. The predicted octanol–water partition coefficient (Wildman–Crippen LogP) is 4.73. The minimum Gasteiger partial charge on any atom is -0.390 e. The van der Waals surface area contributed by atoms with Crippen molar-refractivity contribution in [3.8, 4) is 0 Å². The van der Waals surface area contributed by atoms with Crippen molar-refractivity contribution in [1.82, 2.24) is 0 Å². The van der Waals surface area contributed by atoms with Gasteiger partial charge < -0.3 is 11.1 Å². The maximum absolute atomic E-state index is 12.7. The fourth-order valence-corrected chi connectivity index (χ4v) is 4.51. The summed E-state index contributed by atoms with van der Waals surface area (Å²) >= 11 is 1.59. The molecule has 3 nitrogen and oxygen atoms in total. The largest absolute Gasteiger partial charge is 0.390 e. The van der Waals surface area contributed by atoms with Gasteiger partial charge in [0, 0.05) is 10.6 Å². The Bertz CT molecular complexity index is 713. The van der Waals surface area contributed by atoms with Gasteiger partial charge in [0.2, 0.25) is 0 Å². The number of rotatable bonds is 2. The van der Waals surface area contributed by atoms with Crippen molar-refractivity contribution in [3.05, 3.63) is 46.3 Å². The van der Waals surface area contributed by atoms with Gasteiger partial charge in [0.05, 0.1) is 10.6 Å². The molecule has 122 valence electrons. The summed E-state index contributed by atoms with van der Waals surface area (Å²) in [7, 11) is 0. The Hall–Kier alpha value is -1.81. The lowest BCUT2D eigenvalue weighted by atomic mass is 9.72. The predicted molar refractivity (Wildman–Crippen MR) is 98.1 cm³/mol. The first-order valence-electron chi connectivity index (χ1n) is 8.12. The molecule has 1 atom stereocenters. The third-order valence-corrected chi connectivity index (χ3v) is 5.86. The molecule has 1 amide bonds. The Morgan fingerprint density at radius 2 is 1.96 bits per heavy atom. The lowest BCUT2D eigenvalue weighted by Gasteiger charge is -2.33. The highest BCUT2D eigenvalue weighted by atomic mass is 32.1. The van der Waals surface area contributed by atoms with Crippen LogP contribution in [0.15, 0.2) is 30.3 Å². The van der Waals surface area contributed by atoms with Crippen LogP contribution in [0.2, 0.25) is 0 Å². The van der Waals surface area contributed by atoms with E-state index in [1.807, 2.05) is 30.3 Å². The molecule has 1 aromatic heterocycles. The molecule has 3 rings (SSSR count). The molecule has 1 aliphatic rings. The molecular weight excluding hydrogens is 304 g/mol. The molecule has 0 spiro atoms. The number of carbonyl (C=O) groups is 1. The quantitative estimate of drug-likeness (QED) is 0.837. The fourth-order valence-electron chi connectivity index (χ4n) is 3.31. The number of para-hydroxylation sites is 1. The molecule has 3 N–H and O–H groups in total. The van der Waals surface area contributed by atoms with Gasteiger partial charge in [0.1, 0.15) is 0 Å². The molecule has 0 radical (unpaired) electrons. The van der Waals surface area contributed by atoms with Crippen LogP contribution in [0.5, 0.6) is 0 Å². The van der Waals surface area contributed by atoms with E-state index in [0.717, 1.165) is 24.9 Å². The van der Waals surface area contributed by atoms with Crippen LogP contribution in [-0.2, 0) is 12.8 Å². The number of nitrogens with one attached hydrogen (secondary N) is 1. The minimum absolute atomic E-state index is 0.0830. The molecule has 2 aromatic rings. The minimum atomic E-state index is -0.0830. The van der Waals surface area contributed by atoms with Crippen LogP contribution in [-0.4, -0.2) is 5.91 Å². The molecule has 0 saturated carbocycles. The standard InChI is InChI=1S/C19H24N2OS/c1-19(2,3)12-9-10-14-15(11-12)23-17(20)16(14)18(22)21-13-7-5-4-6-8-13/h4-8,12H,9-11,20H2,1-3H3,(H,21,22)/t12-/m0/s1. The number of nitrogens with two attached hydrogens (primary N) is 1. The second-order valence-electron chi connectivity index (χ2n) is 7.37. The van der Waals surface area contributed by atoms with E-state index in [0.29, 0.717) is 21.9 Å². The zero-order valence-corrected chi connectivity index (χ0v) is 14.8. The van der Waals surface area contributed by atoms with Gasteiger partial charge in [-0.2, -0.15) is 0 Å². The third-order valence-electron chi connectivity index (χ3n) is 4.78. The number of nitrogen functional groups attached to an aromatic ring is 1. The number of anilines is 2. The summed E-state index contributed by atoms with van der Waals surface area (Å²) in [4.78, 5) is 14.0. The van der Waals surface area contributed by atoms with Crippen LogP contribution >= 0.6 is 11.3 Å². The maximum atomic E-state index is 12.7. The van der Waals surface area contributed by atoms with Crippen molar-refractivity contribution in [2.45, 2.75) is 40.0 Å². The molecule has 0 aliphatic heterocycles. The van der Waals surface area contributed by atoms with Gasteiger partial charge in [-0.25, -0.2) is 0 Å². The van der Waals surface area contributed by atoms with Gasteiger partial charge >= 0.3 is 0 Å². The van der Waals surface area contributed by atoms with Gasteiger partial charge in [0.25, 0.3) is 5.91 Å². The molecule has 4 heteroatoms. The summed E-state index contributed by atoms with van der Waals surface area (Å²) < 4.78 is 0. The van der Waals surface area contributed by atoms with Gasteiger partial charge in [-0.05, 0) is 48.3 Å². The zero-order valence-electron chi connectivity index (χ0n) is 14.0. The van der Waals surface area contributed by atoms with Crippen LogP contribution in [0.3, 0.4) is 0 Å². The van der Waals surface area contributed by atoms with E-state index in [-0.39, 0.29) is 5.91 Å². The Morgan fingerprint density at radius 3 is 2.61 bits per heavy atom. The molecule has 0 fully saturated rings. The second-order valence-corrected chi connectivity index (χ2v) is 8.51. The number of hydrogen-bond acceptors (Lipinski definition) is 3. The first-order chi connectivity index (χ1) is 10.9. The van der Waals surface area contributed by atoms with Crippen molar-refractivity contribution in [2.75, 3.05) is 11.1 Å². The molecule has 0 saturated heterocycles. The average Bonchev–Trinajstić information content (AvgIpc) is 2.82. The summed E-state index contributed by atoms with van der Waals surface area (Å²) in [6.45, 7) is 6.88. The van der Waals surface area contributed by atoms with E-state index in [1.165, 1.54) is 10.4 Å². The van der Waals surface area contributed by atoms with Gasteiger partial charge in [-0.3, -0.25) is 4.79 Å². The van der Waals surface area contributed by atoms with Crippen LogP contribution in [0.25, 0.3) is 0 Å². The first-order valence-corrected chi connectivity index (χ1v) is 8.94. The molecule has 1 heterocycles. The Labute approximate surface area is 141 Å². The van der Waals surface area contributed by atoms with Crippen LogP contribution in [0, 0.1) is 11.3 Å². The monoisotopic (exact) mass is 328 g/mol. The average molecular weight is 328 g/mol. The van der Waals surface area contributed by atoms with Crippen LogP contribution in [0.1, 0.15) is 48.0 Å². The highest BCUT2D eigenvalue weighted by molar-refractivity contribution is 7.16. The summed E-state index contributed by atoms with van der Waals surface area (Å²) in [5, 5.41) is 3.62. The zero-order chi connectivity index (χ0) is 16.6. The highest BCUT2D eigenvalue weighted by Gasteiger charge is 2.33. The normalized spacial score (nSPS) is 17.6. The molecule has 0 unspecified atom stereocenters. The van der Waals surface area contributed by atoms with Crippen molar-refractivity contribution >= 4 is 27.9 Å². The summed E-state index contributed by atoms with van der Waals surface area (Å²) in [5.74, 6) is 0.568. The van der Waals surface area contributed by atoms with E-state index < -0.39 is 0 Å². The fraction of sp³-hybridized carbons (Fsp3) is 0.421. The molecule has 23 heavy (non-hydrogen) atoms. The number of hydrogen-bond donors (Lipinski definition) is 2. The maximum Gasteiger partial charge on any atom is 0.258 e. The molecule has 1 aromatic carbocycles. The Morgan fingerprint density at radius 1 is 1.26 bits per heavy atom. The van der Waals surface area contributed by atoms with E-state index >= 15 is 0 Å². The van der Waals surface area contributed by atoms with Crippen LogP contribution in [0.4, 0.5) is 10.7 Å². The van der Waals surface area contributed by atoms with Crippen molar-refractivity contribution in [3.63, 3.8) is 0 Å². The second kappa shape index (κ2) is 6.00. The van der Waals surface area contributed by atoms with E-state index in [9.17, 15) is 4.79 Å². The smallest absolute Gasteiger partial charge is 0.258 e. The van der Waals surface area contributed by atoms with Crippen molar-refractivity contribution in [2.24, 2.45) is 11.3 Å². The molecular formula is C19H24N2OS. The van der Waals surface area contributed by atoms with Crippen molar-refractivity contribution in [1.29, 1.82) is 0 Å². The van der Waals surface area contributed by atoms with Gasteiger partial charge in [-0.1, -0.05) is 39.0 Å². The van der Waals surface area contributed by atoms with E-state index in [4.69, 9.17) is 5.73 Å². The Balaban J connectivity index is 1.85. The topological polar surface area (TPSA) is 55.1 Å². The van der Waals surface area contributed by atoms with Crippen molar-refractivity contribution < 1.29 is 4.79 Å². The number of carbonyl (C=O) groups excluding carboxylic acids is 1. The number of fused-ring (bicyclic) bond motifs is 1.